The number of hydrogen-bond donors (Lipinski definition) is 1. The normalized spacial score (nSPS) is 28.2. The molecule has 3 nitrogen and oxygen atoms in total. The van der Waals surface area contributed by atoms with E-state index in [1.54, 1.807) is 0 Å². The zero-order chi connectivity index (χ0) is 10.9. The minimum atomic E-state index is -0.232. The molecule has 82 valence electrons. The first kappa shape index (κ1) is 11.5. The molecule has 2 N–H and O–H groups in total. The zero-order valence-electron chi connectivity index (χ0n) is 9.71. The molecule has 0 aromatic carbocycles. The molecule has 0 radical (unpaired) electrons. The molecule has 1 aliphatic rings. The summed E-state index contributed by atoms with van der Waals surface area (Å²) in [7, 11) is 0. The molecule has 2 unspecified atom stereocenters. The SMILES string of the molecule is CCC(C)(C)C(=O)N1CC(C)C(N)C1. The van der Waals surface area contributed by atoms with Gasteiger partial charge in [0.05, 0.1) is 0 Å². The summed E-state index contributed by atoms with van der Waals surface area (Å²) in [5.41, 5.74) is 5.66. The Kier molecular flexibility index (Phi) is 3.20. The summed E-state index contributed by atoms with van der Waals surface area (Å²) in [6.45, 7) is 9.72. The summed E-state index contributed by atoms with van der Waals surface area (Å²) in [4.78, 5) is 14.0. The lowest BCUT2D eigenvalue weighted by Gasteiger charge is -2.28. The molecule has 1 amide bonds. The first-order valence-corrected chi connectivity index (χ1v) is 5.43. The van der Waals surface area contributed by atoms with Crippen molar-refractivity contribution >= 4 is 5.91 Å². The van der Waals surface area contributed by atoms with Gasteiger partial charge in [-0.25, -0.2) is 0 Å². The molecule has 0 aromatic heterocycles. The van der Waals surface area contributed by atoms with E-state index in [0.29, 0.717) is 5.92 Å². The van der Waals surface area contributed by atoms with Crippen molar-refractivity contribution in [2.24, 2.45) is 17.1 Å². The van der Waals surface area contributed by atoms with Gasteiger partial charge in [0.15, 0.2) is 0 Å². The van der Waals surface area contributed by atoms with Crippen LogP contribution in [0.1, 0.15) is 34.1 Å². The van der Waals surface area contributed by atoms with Gasteiger partial charge in [-0.3, -0.25) is 4.79 Å². The lowest BCUT2D eigenvalue weighted by molar-refractivity contribution is -0.139. The van der Waals surface area contributed by atoms with Crippen LogP contribution < -0.4 is 5.73 Å². The van der Waals surface area contributed by atoms with Crippen LogP contribution in [0.25, 0.3) is 0 Å². The van der Waals surface area contributed by atoms with Gasteiger partial charge in [-0.05, 0) is 12.3 Å². The third kappa shape index (κ3) is 2.08. The summed E-state index contributed by atoms with van der Waals surface area (Å²) in [6, 6.07) is 0.159. The average Bonchev–Trinajstić information content (AvgIpc) is 2.45. The molecular weight excluding hydrogens is 176 g/mol. The summed E-state index contributed by atoms with van der Waals surface area (Å²) >= 11 is 0. The van der Waals surface area contributed by atoms with Crippen LogP contribution in [-0.4, -0.2) is 29.9 Å². The molecule has 0 aromatic rings. The van der Waals surface area contributed by atoms with Crippen molar-refractivity contribution in [3.05, 3.63) is 0 Å². The highest BCUT2D eigenvalue weighted by Gasteiger charge is 2.36. The van der Waals surface area contributed by atoms with E-state index in [1.165, 1.54) is 0 Å². The fourth-order valence-corrected chi connectivity index (χ4v) is 1.74. The fourth-order valence-electron chi connectivity index (χ4n) is 1.74. The van der Waals surface area contributed by atoms with Crippen molar-refractivity contribution in [3.8, 4) is 0 Å². The molecule has 0 spiro atoms. The van der Waals surface area contributed by atoms with Crippen LogP contribution in [0.5, 0.6) is 0 Å². The van der Waals surface area contributed by atoms with E-state index in [0.717, 1.165) is 19.5 Å². The lowest BCUT2D eigenvalue weighted by atomic mass is 9.88. The molecule has 14 heavy (non-hydrogen) atoms. The maximum atomic E-state index is 12.1. The molecule has 3 heteroatoms. The molecule has 0 aliphatic carbocycles. The molecule has 1 rings (SSSR count). The average molecular weight is 198 g/mol. The number of hydrogen-bond acceptors (Lipinski definition) is 2. The predicted octanol–water partition coefficient (Wildman–Crippen LogP) is 1.23. The van der Waals surface area contributed by atoms with E-state index < -0.39 is 0 Å². The van der Waals surface area contributed by atoms with Crippen LogP contribution >= 0.6 is 0 Å². The van der Waals surface area contributed by atoms with Crippen molar-refractivity contribution < 1.29 is 4.79 Å². The number of likely N-dealkylation sites (tertiary alicyclic amines) is 1. The highest BCUT2D eigenvalue weighted by atomic mass is 16.2. The van der Waals surface area contributed by atoms with E-state index in [-0.39, 0.29) is 17.4 Å². The van der Waals surface area contributed by atoms with Gasteiger partial charge in [-0.2, -0.15) is 0 Å². The van der Waals surface area contributed by atoms with Gasteiger partial charge in [-0.15, -0.1) is 0 Å². The van der Waals surface area contributed by atoms with Crippen molar-refractivity contribution in [3.63, 3.8) is 0 Å². The number of rotatable bonds is 2. The van der Waals surface area contributed by atoms with Crippen molar-refractivity contribution in [2.75, 3.05) is 13.1 Å². The number of nitrogens with zero attached hydrogens (tertiary/aromatic N) is 1. The monoisotopic (exact) mass is 198 g/mol. The van der Waals surface area contributed by atoms with Crippen LogP contribution in [0.4, 0.5) is 0 Å². The standard InChI is InChI=1S/C11H22N2O/c1-5-11(3,4)10(14)13-6-8(2)9(12)7-13/h8-9H,5-7,12H2,1-4H3. The van der Waals surface area contributed by atoms with E-state index >= 15 is 0 Å². The first-order valence-electron chi connectivity index (χ1n) is 5.43. The van der Waals surface area contributed by atoms with Gasteiger partial charge in [0, 0.05) is 24.5 Å². The van der Waals surface area contributed by atoms with Gasteiger partial charge >= 0.3 is 0 Å². The summed E-state index contributed by atoms with van der Waals surface area (Å²) in [5, 5.41) is 0. The van der Waals surface area contributed by atoms with Crippen LogP contribution in [-0.2, 0) is 4.79 Å². The Morgan fingerprint density at radius 2 is 2.07 bits per heavy atom. The highest BCUT2D eigenvalue weighted by Crippen LogP contribution is 2.26. The quantitative estimate of drug-likeness (QED) is 0.725. The maximum Gasteiger partial charge on any atom is 0.228 e. The second-order valence-corrected chi connectivity index (χ2v) is 5.09. The van der Waals surface area contributed by atoms with Crippen LogP contribution in [0.15, 0.2) is 0 Å². The van der Waals surface area contributed by atoms with Crippen molar-refractivity contribution in [1.82, 2.24) is 4.90 Å². The molecule has 2 atom stereocenters. The molecule has 1 fully saturated rings. The minimum Gasteiger partial charge on any atom is -0.340 e. The highest BCUT2D eigenvalue weighted by molar-refractivity contribution is 5.82. The van der Waals surface area contributed by atoms with Gasteiger partial charge < -0.3 is 10.6 Å². The zero-order valence-corrected chi connectivity index (χ0v) is 9.71. The topological polar surface area (TPSA) is 46.3 Å². The third-order valence-corrected chi connectivity index (χ3v) is 3.42. The van der Waals surface area contributed by atoms with Gasteiger partial charge in [-0.1, -0.05) is 27.7 Å². The van der Waals surface area contributed by atoms with E-state index in [2.05, 4.69) is 13.8 Å². The van der Waals surface area contributed by atoms with E-state index in [1.807, 2.05) is 18.7 Å². The minimum absolute atomic E-state index is 0.159. The predicted molar refractivity (Wildman–Crippen MR) is 57.8 cm³/mol. The number of amides is 1. The fraction of sp³-hybridized carbons (Fsp3) is 0.909. The van der Waals surface area contributed by atoms with Crippen LogP contribution in [0.3, 0.4) is 0 Å². The Labute approximate surface area is 86.6 Å². The van der Waals surface area contributed by atoms with Crippen LogP contribution in [0.2, 0.25) is 0 Å². The first-order chi connectivity index (χ1) is 6.38. The second-order valence-electron chi connectivity index (χ2n) is 5.09. The van der Waals surface area contributed by atoms with E-state index in [9.17, 15) is 4.79 Å². The van der Waals surface area contributed by atoms with Gasteiger partial charge in [0.1, 0.15) is 0 Å². The van der Waals surface area contributed by atoms with Crippen molar-refractivity contribution in [1.29, 1.82) is 0 Å². The van der Waals surface area contributed by atoms with Gasteiger partial charge in [0.25, 0.3) is 0 Å². The number of carbonyl (C=O) groups excluding carboxylic acids is 1. The Balaban J connectivity index is 2.64. The smallest absolute Gasteiger partial charge is 0.228 e. The lowest BCUT2D eigenvalue weighted by Crippen LogP contribution is -2.40. The van der Waals surface area contributed by atoms with Crippen molar-refractivity contribution in [2.45, 2.75) is 40.2 Å². The van der Waals surface area contributed by atoms with Gasteiger partial charge in [0.2, 0.25) is 5.91 Å². The summed E-state index contributed by atoms with van der Waals surface area (Å²) in [6.07, 6.45) is 0.881. The molecule has 0 bridgehead atoms. The van der Waals surface area contributed by atoms with Crippen LogP contribution in [0, 0.1) is 11.3 Å². The summed E-state index contributed by atoms with van der Waals surface area (Å²) in [5.74, 6) is 0.686. The molecular formula is C11H22N2O. The molecule has 1 saturated heterocycles. The largest absolute Gasteiger partial charge is 0.340 e. The molecule has 1 heterocycles. The third-order valence-electron chi connectivity index (χ3n) is 3.42. The number of carbonyl (C=O) groups is 1. The Morgan fingerprint density at radius 3 is 2.43 bits per heavy atom. The maximum absolute atomic E-state index is 12.1. The van der Waals surface area contributed by atoms with E-state index in [4.69, 9.17) is 5.73 Å². The Morgan fingerprint density at radius 1 is 1.50 bits per heavy atom. The summed E-state index contributed by atoms with van der Waals surface area (Å²) < 4.78 is 0. The molecule has 0 saturated carbocycles. The Bertz CT molecular complexity index is 215. The Hall–Kier alpha value is -0.570. The number of nitrogens with two attached hydrogens (primary N) is 1. The second kappa shape index (κ2) is 3.89. The molecule has 1 aliphatic heterocycles.